The molecule has 2 saturated carbocycles. The number of aryl methyl sites for hydroxylation is 1. The Morgan fingerprint density at radius 2 is 2.06 bits per heavy atom. The van der Waals surface area contributed by atoms with Gasteiger partial charge in [-0.15, -0.1) is 10.2 Å². The minimum Gasteiger partial charge on any atom is -0.298 e. The second-order valence-electron chi connectivity index (χ2n) is 6.93. The highest BCUT2D eigenvalue weighted by molar-refractivity contribution is 6.28. The third kappa shape index (κ3) is 1.43. The first-order valence-electron chi connectivity index (χ1n) is 6.99. The van der Waals surface area contributed by atoms with E-state index in [1.54, 1.807) is 0 Å². The van der Waals surface area contributed by atoms with Gasteiger partial charge in [-0.05, 0) is 47.6 Å². The van der Waals surface area contributed by atoms with Crippen LogP contribution in [0.2, 0.25) is 5.28 Å². The highest BCUT2D eigenvalue weighted by Crippen LogP contribution is 2.68. The molecule has 2 aliphatic carbocycles. The van der Waals surface area contributed by atoms with Crippen molar-refractivity contribution in [1.82, 2.24) is 14.8 Å². The molecule has 1 aromatic rings. The van der Waals surface area contributed by atoms with Gasteiger partial charge < -0.3 is 0 Å². The summed E-state index contributed by atoms with van der Waals surface area (Å²) in [5, 5.41) is 8.90. The van der Waals surface area contributed by atoms with E-state index in [0.717, 1.165) is 18.2 Å². The van der Waals surface area contributed by atoms with Crippen molar-refractivity contribution in [2.75, 3.05) is 0 Å². The Bertz CT molecular complexity index is 475. The largest absolute Gasteiger partial charge is 0.298 e. The number of hydrogen-bond acceptors (Lipinski definition) is 2. The summed E-state index contributed by atoms with van der Waals surface area (Å²) in [4.78, 5) is 0. The molecule has 0 radical (unpaired) electrons. The van der Waals surface area contributed by atoms with Crippen LogP contribution in [0.15, 0.2) is 0 Å². The summed E-state index contributed by atoms with van der Waals surface area (Å²) in [7, 11) is 0. The molecule has 2 aliphatic rings. The maximum atomic E-state index is 6.32. The van der Waals surface area contributed by atoms with Crippen LogP contribution in [0.5, 0.6) is 0 Å². The minimum atomic E-state index is 0.295. The second-order valence-corrected chi connectivity index (χ2v) is 7.26. The first kappa shape index (κ1) is 12.5. The average molecular weight is 268 g/mol. The Morgan fingerprint density at radius 1 is 1.33 bits per heavy atom. The highest BCUT2D eigenvalue weighted by Gasteiger charge is 2.60. The molecule has 1 aromatic heterocycles. The van der Waals surface area contributed by atoms with Crippen LogP contribution < -0.4 is 0 Å². The molecule has 3 atom stereocenters. The molecule has 0 aromatic carbocycles. The molecule has 100 valence electrons. The molecule has 0 N–H and O–H groups in total. The molecular weight excluding hydrogens is 246 g/mol. The fourth-order valence-corrected chi connectivity index (χ4v) is 4.95. The number of halogens is 1. The van der Waals surface area contributed by atoms with Crippen LogP contribution in [0.3, 0.4) is 0 Å². The van der Waals surface area contributed by atoms with Gasteiger partial charge in [-0.25, -0.2) is 0 Å². The molecule has 4 heteroatoms. The van der Waals surface area contributed by atoms with Crippen LogP contribution in [0, 0.1) is 16.7 Å². The molecule has 1 heterocycles. The first-order valence-corrected chi connectivity index (χ1v) is 7.37. The van der Waals surface area contributed by atoms with Gasteiger partial charge in [0.25, 0.3) is 0 Å². The second kappa shape index (κ2) is 3.72. The van der Waals surface area contributed by atoms with E-state index in [4.69, 9.17) is 11.6 Å². The number of hydrogen-bond donors (Lipinski definition) is 0. The predicted octanol–water partition coefficient (Wildman–Crippen LogP) is 3.88. The molecule has 3 rings (SSSR count). The Morgan fingerprint density at radius 3 is 2.61 bits per heavy atom. The molecule has 0 amide bonds. The van der Waals surface area contributed by atoms with Gasteiger partial charge in [0.05, 0.1) is 0 Å². The maximum Gasteiger partial charge on any atom is 0.225 e. The van der Waals surface area contributed by atoms with Crippen LogP contribution in [0.1, 0.15) is 58.8 Å². The number of rotatable bonds is 2. The average Bonchev–Trinajstić information content (AvgIpc) is 2.89. The van der Waals surface area contributed by atoms with Crippen molar-refractivity contribution < 1.29 is 0 Å². The van der Waals surface area contributed by atoms with Crippen molar-refractivity contribution in [2.45, 2.75) is 59.4 Å². The molecule has 2 bridgehead atoms. The topological polar surface area (TPSA) is 30.7 Å². The van der Waals surface area contributed by atoms with Crippen molar-refractivity contribution in [3.8, 4) is 0 Å². The zero-order valence-corrected chi connectivity index (χ0v) is 12.5. The van der Waals surface area contributed by atoms with Crippen molar-refractivity contribution >= 4 is 11.6 Å². The van der Waals surface area contributed by atoms with Gasteiger partial charge in [0, 0.05) is 12.5 Å². The van der Waals surface area contributed by atoms with Gasteiger partial charge in [-0.2, -0.15) is 0 Å². The van der Waals surface area contributed by atoms with E-state index >= 15 is 0 Å². The molecular formula is C14H22ClN3. The summed E-state index contributed by atoms with van der Waals surface area (Å²) in [5.41, 5.74) is 0.660. The lowest BCUT2D eigenvalue weighted by Crippen LogP contribution is -2.38. The van der Waals surface area contributed by atoms with E-state index < -0.39 is 0 Å². The van der Waals surface area contributed by atoms with Crippen LogP contribution in [-0.4, -0.2) is 14.8 Å². The van der Waals surface area contributed by atoms with E-state index in [-0.39, 0.29) is 0 Å². The van der Waals surface area contributed by atoms with Gasteiger partial charge in [-0.1, -0.05) is 27.7 Å². The quantitative estimate of drug-likeness (QED) is 0.814. The van der Waals surface area contributed by atoms with Crippen LogP contribution in [-0.2, 0) is 6.42 Å². The summed E-state index contributed by atoms with van der Waals surface area (Å²) in [6.45, 7) is 9.33. The van der Waals surface area contributed by atoms with Crippen molar-refractivity contribution in [3.63, 3.8) is 0 Å². The van der Waals surface area contributed by atoms with E-state index in [2.05, 4.69) is 42.5 Å². The predicted molar refractivity (Wildman–Crippen MR) is 72.7 cm³/mol. The molecule has 2 fully saturated rings. The van der Waals surface area contributed by atoms with Crippen molar-refractivity contribution in [3.05, 3.63) is 11.1 Å². The fourth-order valence-electron chi connectivity index (χ4n) is 4.72. The normalized spacial score (nSPS) is 37.4. The van der Waals surface area contributed by atoms with Crippen LogP contribution in [0.25, 0.3) is 0 Å². The smallest absolute Gasteiger partial charge is 0.225 e. The van der Waals surface area contributed by atoms with E-state index in [1.807, 2.05) is 0 Å². The van der Waals surface area contributed by atoms with Gasteiger partial charge in [0.15, 0.2) is 0 Å². The summed E-state index contributed by atoms with van der Waals surface area (Å²) >= 11 is 6.32. The lowest BCUT2D eigenvalue weighted by atomic mass is 9.68. The Labute approximate surface area is 114 Å². The Balaban J connectivity index is 2.13. The van der Waals surface area contributed by atoms with Gasteiger partial charge in [0.1, 0.15) is 5.82 Å². The van der Waals surface area contributed by atoms with Crippen LogP contribution >= 0.6 is 11.6 Å². The zero-order chi connectivity index (χ0) is 13.1. The van der Waals surface area contributed by atoms with Gasteiger partial charge >= 0.3 is 0 Å². The molecule has 18 heavy (non-hydrogen) atoms. The third-order valence-corrected chi connectivity index (χ3v) is 5.75. The molecule has 3 unspecified atom stereocenters. The molecule has 0 saturated heterocycles. The number of nitrogens with zero attached hydrogens (tertiary/aromatic N) is 3. The van der Waals surface area contributed by atoms with Crippen LogP contribution in [0.4, 0.5) is 0 Å². The van der Waals surface area contributed by atoms with Gasteiger partial charge in [-0.3, -0.25) is 4.57 Å². The fraction of sp³-hybridized carbons (Fsp3) is 0.857. The monoisotopic (exact) mass is 267 g/mol. The summed E-state index contributed by atoms with van der Waals surface area (Å²) < 4.78 is 2.22. The minimum absolute atomic E-state index is 0.295. The lowest BCUT2D eigenvalue weighted by Gasteiger charge is -2.44. The van der Waals surface area contributed by atoms with E-state index in [1.165, 1.54) is 19.3 Å². The highest BCUT2D eigenvalue weighted by atomic mass is 35.5. The zero-order valence-electron chi connectivity index (χ0n) is 11.7. The number of fused-ring (bicyclic) bond motifs is 2. The summed E-state index contributed by atoms with van der Waals surface area (Å²) in [5.74, 6) is 1.85. The summed E-state index contributed by atoms with van der Waals surface area (Å²) in [6.07, 6.45) is 4.89. The van der Waals surface area contributed by atoms with E-state index in [9.17, 15) is 0 Å². The summed E-state index contributed by atoms with van der Waals surface area (Å²) in [6, 6.07) is 0.446. The van der Waals surface area contributed by atoms with Crippen molar-refractivity contribution in [1.29, 1.82) is 0 Å². The third-order valence-electron chi connectivity index (χ3n) is 5.49. The lowest BCUT2D eigenvalue weighted by molar-refractivity contribution is 0.0812. The number of aromatic nitrogens is 3. The van der Waals surface area contributed by atoms with Gasteiger partial charge in [0.2, 0.25) is 5.28 Å². The Hall–Kier alpha value is -0.570. The molecule has 0 aliphatic heterocycles. The standard InChI is InChI=1S/C14H22ClN3/c1-5-10-16-17-12(15)18(10)11-13(2,3)9-6-7-14(11,4)8-9/h9,11H,5-8H2,1-4H3. The SMILES string of the molecule is CCc1nnc(Cl)n1C1C2(C)CCC(C2)C1(C)C. The molecule has 0 spiro atoms. The Kier molecular flexibility index (Phi) is 2.58. The maximum absolute atomic E-state index is 6.32. The molecule has 3 nitrogen and oxygen atoms in total. The van der Waals surface area contributed by atoms with E-state index in [0.29, 0.717) is 22.2 Å². The van der Waals surface area contributed by atoms with Crippen molar-refractivity contribution in [2.24, 2.45) is 16.7 Å². The first-order chi connectivity index (χ1) is 8.40.